The van der Waals surface area contributed by atoms with E-state index in [2.05, 4.69) is 31.7 Å². The minimum Gasteiger partial charge on any atom is -0.344 e. The highest BCUT2D eigenvalue weighted by molar-refractivity contribution is 9.10. The third kappa shape index (κ3) is 6.73. The Morgan fingerprint density at radius 3 is 2.23 bits per heavy atom. The number of hydrogen-bond donors (Lipinski definition) is 2. The molecule has 0 spiro atoms. The lowest BCUT2D eigenvalue weighted by Gasteiger charge is -2.31. The number of nitrogens with one attached hydrogen (secondary N) is 2. The highest BCUT2D eigenvalue weighted by Crippen LogP contribution is 2.25. The molecule has 13 heteroatoms. The van der Waals surface area contributed by atoms with Gasteiger partial charge in [-0.25, -0.2) is 4.68 Å². The molecule has 1 aliphatic heterocycles. The van der Waals surface area contributed by atoms with Crippen LogP contribution < -0.4 is 10.6 Å². The lowest BCUT2D eigenvalue weighted by Crippen LogP contribution is -2.58. The van der Waals surface area contributed by atoms with E-state index in [1.165, 1.54) is 24.9 Å². The van der Waals surface area contributed by atoms with Crippen molar-refractivity contribution in [3.63, 3.8) is 0 Å². The van der Waals surface area contributed by atoms with Gasteiger partial charge in [0.2, 0.25) is 11.8 Å². The third-order valence-electron chi connectivity index (χ3n) is 6.92. The molecule has 1 aliphatic rings. The quantitative estimate of drug-likeness (QED) is 0.437. The Kier molecular flexibility index (Phi) is 9.81. The molecule has 3 atom stereocenters. The minimum atomic E-state index is -5.11. The summed E-state index contributed by atoms with van der Waals surface area (Å²) in [6, 6.07) is 3.51. The van der Waals surface area contributed by atoms with Crippen LogP contribution in [-0.2, 0) is 14.4 Å². The Bertz CT molecular complexity index is 1280. The number of hydrogen-bond acceptors (Lipinski definition) is 5. The fourth-order valence-corrected chi connectivity index (χ4v) is 5.13. The van der Waals surface area contributed by atoms with Crippen molar-refractivity contribution in [3.05, 3.63) is 46.2 Å². The van der Waals surface area contributed by atoms with Crippen molar-refractivity contribution in [1.82, 2.24) is 25.3 Å². The molecule has 1 aromatic heterocycles. The summed E-state index contributed by atoms with van der Waals surface area (Å²) in [4.78, 5) is 53.0. The topological polar surface area (TPSA) is 113 Å². The number of carbonyl (C=O) groups is 4. The summed E-state index contributed by atoms with van der Waals surface area (Å²) in [7, 11) is 0. The van der Waals surface area contributed by atoms with Crippen molar-refractivity contribution in [1.29, 1.82) is 0 Å². The summed E-state index contributed by atoms with van der Waals surface area (Å²) in [6.07, 6.45) is -3.04. The zero-order valence-corrected chi connectivity index (χ0v) is 24.5. The van der Waals surface area contributed by atoms with Crippen LogP contribution in [0.5, 0.6) is 0 Å². The normalized spacial score (nSPS) is 17.2. The largest absolute Gasteiger partial charge is 0.452 e. The summed E-state index contributed by atoms with van der Waals surface area (Å²) >= 11 is 3.47. The van der Waals surface area contributed by atoms with Gasteiger partial charge < -0.3 is 15.5 Å². The molecule has 1 saturated heterocycles. The predicted octanol–water partition coefficient (Wildman–Crippen LogP) is 3.96. The SMILES string of the molecule is Cc1c(C(=O)N[C@H](C(=O)N2CCC[C@H]2C(=O)N[C@H](C(=O)C(F)(F)F)C(C)C)C(C)C)cnn1-c1ccccc1Br. The van der Waals surface area contributed by atoms with E-state index in [0.29, 0.717) is 12.1 Å². The van der Waals surface area contributed by atoms with Crippen LogP contribution >= 0.6 is 15.9 Å². The van der Waals surface area contributed by atoms with Crippen LogP contribution in [-0.4, -0.2) is 69.0 Å². The molecule has 0 unspecified atom stereocenters. The zero-order valence-electron chi connectivity index (χ0n) is 22.9. The van der Waals surface area contributed by atoms with Crippen LogP contribution in [0.25, 0.3) is 5.69 Å². The number of carbonyl (C=O) groups excluding carboxylic acids is 4. The van der Waals surface area contributed by atoms with Gasteiger partial charge in [-0.05, 0) is 59.7 Å². The number of para-hydroxylation sites is 1. The van der Waals surface area contributed by atoms with Gasteiger partial charge in [0.15, 0.2) is 0 Å². The van der Waals surface area contributed by atoms with Crippen LogP contribution in [0.15, 0.2) is 34.9 Å². The van der Waals surface area contributed by atoms with Crippen LogP contribution in [0, 0.1) is 18.8 Å². The van der Waals surface area contributed by atoms with Crippen LogP contribution in [0.3, 0.4) is 0 Å². The molecule has 1 aromatic carbocycles. The molecule has 0 radical (unpaired) electrons. The van der Waals surface area contributed by atoms with Crippen LogP contribution in [0.1, 0.15) is 56.6 Å². The first-order chi connectivity index (χ1) is 18.6. The summed E-state index contributed by atoms with van der Waals surface area (Å²) in [5, 5.41) is 9.29. The van der Waals surface area contributed by atoms with Gasteiger partial charge in [0.1, 0.15) is 12.1 Å². The van der Waals surface area contributed by atoms with Crippen molar-refractivity contribution in [2.45, 2.75) is 71.8 Å². The van der Waals surface area contributed by atoms with Gasteiger partial charge in [-0.3, -0.25) is 19.2 Å². The number of Topliss-reactive ketones (excluding diaryl/α,β-unsaturated/α-hetero) is 1. The minimum absolute atomic E-state index is 0.189. The number of likely N-dealkylation sites (tertiary alicyclic amines) is 1. The lowest BCUT2D eigenvalue weighted by atomic mass is 9.98. The van der Waals surface area contributed by atoms with E-state index in [-0.39, 0.29) is 24.4 Å². The van der Waals surface area contributed by atoms with Crippen molar-refractivity contribution in [3.8, 4) is 5.69 Å². The maximum absolute atomic E-state index is 13.6. The van der Waals surface area contributed by atoms with E-state index in [9.17, 15) is 32.3 Å². The Hall–Kier alpha value is -3.22. The second-order valence-corrected chi connectivity index (χ2v) is 11.3. The molecule has 0 aliphatic carbocycles. The van der Waals surface area contributed by atoms with E-state index >= 15 is 0 Å². The smallest absolute Gasteiger partial charge is 0.344 e. The molecule has 9 nitrogen and oxygen atoms in total. The summed E-state index contributed by atoms with van der Waals surface area (Å²) in [5.74, 6) is -5.11. The first-order valence-electron chi connectivity index (χ1n) is 13.0. The summed E-state index contributed by atoms with van der Waals surface area (Å²) in [6.45, 7) is 8.19. The first kappa shape index (κ1) is 31.3. The van der Waals surface area contributed by atoms with E-state index in [4.69, 9.17) is 0 Å². The fourth-order valence-electron chi connectivity index (χ4n) is 4.67. The van der Waals surface area contributed by atoms with E-state index < -0.39 is 53.7 Å². The maximum Gasteiger partial charge on any atom is 0.452 e. The third-order valence-corrected chi connectivity index (χ3v) is 7.59. The monoisotopic (exact) mass is 627 g/mol. The molecular formula is C27H33BrF3N5O4. The number of benzene rings is 1. The van der Waals surface area contributed by atoms with Gasteiger partial charge in [-0.1, -0.05) is 39.8 Å². The number of nitrogens with zero attached hydrogens (tertiary/aromatic N) is 3. The van der Waals surface area contributed by atoms with Gasteiger partial charge in [-0.15, -0.1) is 0 Å². The second kappa shape index (κ2) is 12.5. The predicted molar refractivity (Wildman–Crippen MR) is 145 cm³/mol. The lowest BCUT2D eigenvalue weighted by molar-refractivity contribution is -0.175. The Labute approximate surface area is 239 Å². The van der Waals surface area contributed by atoms with Crippen molar-refractivity contribution >= 4 is 39.4 Å². The average Bonchev–Trinajstić information content (AvgIpc) is 3.51. The highest BCUT2D eigenvalue weighted by Gasteiger charge is 2.46. The van der Waals surface area contributed by atoms with Crippen molar-refractivity contribution < 1.29 is 32.3 Å². The Balaban J connectivity index is 1.78. The van der Waals surface area contributed by atoms with Gasteiger partial charge in [0.05, 0.1) is 29.2 Å². The molecule has 3 amide bonds. The van der Waals surface area contributed by atoms with Gasteiger partial charge >= 0.3 is 6.18 Å². The number of alkyl halides is 3. The maximum atomic E-state index is 13.6. The standard InChI is InChI=1S/C27H33BrF3N5O4/c1-14(2)21(23(37)27(29,30)31)33-25(39)20-11-8-12-35(20)26(40)22(15(3)4)34-24(38)17-13-32-36(16(17)5)19-10-7-6-9-18(19)28/h6-7,9-10,13-15,20-22H,8,11-12H2,1-5H3,(H,33,39)(H,34,38)/t20-,21-,22-/m0/s1. The fraction of sp³-hybridized carbons (Fsp3) is 0.519. The molecule has 40 heavy (non-hydrogen) atoms. The molecule has 2 N–H and O–H groups in total. The molecule has 1 fully saturated rings. The summed E-state index contributed by atoms with van der Waals surface area (Å²) < 4.78 is 41.6. The van der Waals surface area contributed by atoms with Gasteiger partial charge in [-0.2, -0.15) is 18.3 Å². The molecule has 3 rings (SSSR count). The molecular weight excluding hydrogens is 595 g/mol. The highest BCUT2D eigenvalue weighted by atomic mass is 79.9. The average molecular weight is 628 g/mol. The number of ketones is 1. The van der Waals surface area contributed by atoms with E-state index in [1.807, 2.05) is 24.3 Å². The zero-order chi connectivity index (χ0) is 29.9. The Morgan fingerprint density at radius 2 is 1.65 bits per heavy atom. The van der Waals surface area contributed by atoms with Crippen LogP contribution in [0.4, 0.5) is 13.2 Å². The van der Waals surface area contributed by atoms with Crippen molar-refractivity contribution in [2.24, 2.45) is 11.8 Å². The number of halogens is 4. The number of rotatable bonds is 9. The molecule has 2 aromatic rings. The van der Waals surface area contributed by atoms with E-state index in [1.54, 1.807) is 25.5 Å². The molecule has 0 bridgehead atoms. The van der Waals surface area contributed by atoms with E-state index in [0.717, 1.165) is 10.2 Å². The first-order valence-corrected chi connectivity index (χ1v) is 13.8. The number of aromatic nitrogens is 2. The van der Waals surface area contributed by atoms with Crippen molar-refractivity contribution in [2.75, 3.05) is 6.54 Å². The molecule has 2 heterocycles. The Morgan fingerprint density at radius 1 is 1.02 bits per heavy atom. The molecule has 0 saturated carbocycles. The van der Waals surface area contributed by atoms with Gasteiger partial charge in [0, 0.05) is 11.0 Å². The molecule has 218 valence electrons. The second-order valence-electron chi connectivity index (χ2n) is 10.5. The number of amides is 3. The van der Waals surface area contributed by atoms with Gasteiger partial charge in [0.25, 0.3) is 11.7 Å². The van der Waals surface area contributed by atoms with Crippen LogP contribution in [0.2, 0.25) is 0 Å². The summed E-state index contributed by atoms with van der Waals surface area (Å²) in [5.41, 5.74) is 1.53.